The minimum atomic E-state index is -0.217. The molecule has 0 aliphatic carbocycles. The Morgan fingerprint density at radius 2 is 2.12 bits per heavy atom. The van der Waals surface area contributed by atoms with E-state index in [1.165, 1.54) is 11.8 Å². The predicted molar refractivity (Wildman–Crippen MR) is 102 cm³/mol. The highest BCUT2D eigenvalue weighted by atomic mass is 35.5. The summed E-state index contributed by atoms with van der Waals surface area (Å²) in [4.78, 5) is 17.4. The van der Waals surface area contributed by atoms with E-state index in [1.54, 1.807) is 24.3 Å². The topological polar surface area (TPSA) is 44.1 Å². The van der Waals surface area contributed by atoms with Gasteiger partial charge < -0.3 is 9.30 Å². The molecule has 3 rings (SSSR count). The van der Waals surface area contributed by atoms with Crippen molar-refractivity contribution >= 4 is 29.1 Å². The molecule has 2 heterocycles. The van der Waals surface area contributed by atoms with E-state index < -0.39 is 0 Å². The molecule has 0 bridgehead atoms. The molecule has 0 unspecified atom stereocenters. The molecule has 1 aromatic carbocycles. The Kier molecular flexibility index (Phi) is 5.87. The molecule has 1 fully saturated rings. The molecular weight excluding hydrogens is 356 g/mol. The number of carbonyl (C=O) groups excluding carboxylic acids is 1. The molecular formula is C19H23ClN2O2S. The third-order valence-corrected chi connectivity index (χ3v) is 5.96. The molecule has 0 spiro atoms. The second kappa shape index (κ2) is 7.94. The van der Waals surface area contributed by atoms with Gasteiger partial charge in [-0.1, -0.05) is 23.4 Å². The Bertz CT molecular complexity index is 752. The van der Waals surface area contributed by atoms with Crippen LogP contribution in [0.15, 0.2) is 29.4 Å². The maximum atomic E-state index is 12.7. The van der Waals surface area contributed by atoms with Crippen LogP contribution in [-0.2, 0) is 11.3 Å². The van der Waals surface area contributed by atoms with Gasteiger partial charge in [0.05, 0.1) is 23.6 Å². The van der Waals surface area contributed by atoms with Crippen LogP contribution in [-0.4, -0.2) is 33.3 Å². The van der Waals surface area contributed by atoms with Crippen LogP contribution in [0, 0.1) is 13.8 Å². The number of halogens is 1. The lowest BCUT2D eigenvalue weighted by Gasteiger charge is -2.16. The number of benzene rings is 1. The molecule has 134 valence electrons. The summed E-state index contributed by atoms with van der Waals surface area (Å²) >= 11 is 7.42. The van der Waals surface area contributed by atoms with Crippen LogP contribution in [0.4, 0.5) is 0 Å². The van der Waals surface area contributed by atoms with Gasteiger partial charge in [-0.05, 0) is 57.9 Å². The molecule has 4 nitrogen and oxygen atoms in total. The van der Waals surface area contributed by atoms with Crippen molar-refractivity contribution in [3.05, 3.63) is 46.2 Å². The fraction of sp³-hybridized carbons (Fsp3) is 0.474. The molecule has 0 N–H and O–H groups in total. The summed E-state index contributed by atoms with van der Waals surface area (Å²) in [5.74, 6) is 0.0867. The monoisotopic (exact) mass is 378 g/mol. The summed E-state index contributed by atoms with van der Waals surface area (Å²) in [5, 5.41) is 1.31. The zero-order chi connectivity index (χ0) is 18.0. The van der Waals surface area contributed by atoms with Crippen molar-refractivity contribution in [2.45, 2.75) is 56.7 Å². The van der Waals surface area contributed by atoms with Gasteiger partial charge in [-0.15, -0.1) is 0 Å². The number of hydrogen-bond acceptors (Lipinski definition) is 4. The van der Waals surface area contributed by atoms with Crippen LogP contribution in [0.2, 0.25) is 5.02 Å². The van der Waals surface area contributed by atoms with Crippen LogP contribution in [0.25, 0.3) is 0 Å². The average molecular weight is 379 g/mol. The standard InChI is InChI=1S/C19H23ClN2O2S/c1-12-13(2)22(11-17-5-4-10-24-17)19(21-12)25-14(3)18(23)15-6-8-16(20)9-7-15/h6-9,14,17H,4-5,10-11H2,1-3H3/t14-,17-/m1/s1. The maximum Gasteiger partial charge on any atom is 0.175 e. The lowest BCUT2D eigenvalue weighted by molar-refractivity contribution is 0.0944. The number of nitrogens with zero attached hydrogens (tertiary/aromatic N) is 2. The van der Waals surface area contributed by atoms with Gasteiger partial charge >= 0.3 is 0 Å². The number of thioether (sulfide) groups is 1. The quantitative estimate of drug-likeness (QED) is 0.540. The van der Waals surface area contributed by atoms with Gasteiger partial charge in [0.25, 0.3) is 0 Å². The fourth-order valence-corrected chi connectivity index (χ4v) is 4.19. The molecule has 1 aliphatic heterocycles. The second-order valence-electron chi connectivity index (χ2n) is 6.44. The second-order valence-corrected chi connectivity index (χ2v) is 8.19. The molecule has 6 heteroatoms. The van der Waals surface area contributed by atoms with Gasteiger partial charge in [-0.2, -0.15) is 0 Å². The van der Waals surface area contributed by atoms with Gasteiger partial charge in [-0.3, -0.25) is 4.79 Å². The third kappa shape index (κ3) is 4.27. The number of aromatic nitrogens is 2. The lowest BCUT2D eigenvalue weighted by Crippen LogP contribution is -2.19. The Balaban J connectivity index is 1.76. The van der Waals surface area contributed by atoms with E-state index in [0.29, 0.717) is 10.6 Å². The summed E-state index contributed by atoms with van der Waals surface area (Å²) in [5.41, 5.74) is 2.82. The van der Waals surface area contributed by atoms with Crippen molar-refractivity contribution < 1.29 is 9.53 Å². The van der Waals surface area contributed by atoms with Crippen molar-refractivity contribution in [1.29, 1.82) is 0 Å². The molecule has 0 radical (unpaired) electrons. The Hall–Kier alpha value is -1.30. The van der Waals surface area contributed by atoms with Crippen molar-refractivity contribution in [2.24, 2.45) is 0 Å². The highest BCUT2D eigenvalue weighted by Gasteiger charge is 2.23. The van der Waals surface area contributed by atoms with E-state index in [4.69, 9.17) is 16.3 Å². The number of hydrogen-bond donors (Lipinski definition) is 0. The summed E-state index contributed by atoms with van der Waals surface area (Å²) in [6, 6.07) is 7.05. The van der Waals surface area contributed by atoms with Gasteiger partial charge in [0, 0.05) is 22.9 Å². The number of imidazole rings is 1. The van der Waals surface area contributed by atoms with E-state index in [9.17, 15) is 4.79 Å². The minimum absolute atomic E-state index is 0.0867. The van der Waals surface area contributed by atoms with Crippen LogP contribution < -0.4 is 0 Å². The number of Topliss-reactive ketones (excluding diaryl/α,β-unsaturated/α-hetero) is 1. The van der Waals surface area contributed by atoms with Crippen molar-refractivity contribution in [3.8, 4) is 0 Å². The smallest absolute Gasteiger partial charge is 0.175 e. The van der Waals surface area contributed by atoms with E-state index in [0.717, 1.165) is 42.5 Å². The number of rotatable bonds is 6. The summed E-state index contributed by atoms with van der Waals surface area (Å²) in [6.45, 7) is 7.66. The first-order valence-electron chi connectivity index (χ1n) is 8.57. The minimum Gasteiger partial charge on any atom is -0.376 e. The highest BCUT2D eigenvalue weighted by Crippen LogP contribution is 2.29. The van der Waals surface area contributed by atoms with E-state index in [-0.39, 0.29) is 17.1 Å². The summed E-state index contributed by atoms with van der Waals surface area (Å²) < 4.78 is 7.97. The zero-order valence-electron chi connectivity index (χ0n) is 14.8. The van der Waals surface area contributed by atoms with Crippen LogP contribution in [0.1, 0.15) is 41.5 Å². The maximum absolute atomic E-state index is 12.7. The molecule has 0 amide bonds. The molecule has 1 aliphatic rings. The summed E-state index contributed by atoms with van der Waals surface area (Å²) in [7, 11) is 0. The summed E-state index contributed by atoms with van der Waals surface area (Å²) in [6.07, 6.45) is 2.44. The largest absolute Gasteiger partial charge is 0.376 e. The zero-order valence-corrected chi connectivity index (χ0v) is 16.4. The molecule has 2 aromatic rings. The van der Waals surface area contributed by atoms with Crippen molar-refractivity contribution in [2.75, 3.05) is 6.61 Å². The van der Waals surface area contributed by atoms with Gasteiger partial charge in [-0.25, -0.2) is 4.98 Å². The first kappa shape index (κ1) is 18.5. The first-order chi connectivity index (χ1) is 12.0. The average Bonchev–Trinajstić information content (AvgIpc) is 3.19. The third-order valence-electron chi connectivity index (χ3n) is 4.61. The fourth-order valence-electron chi connectivity index (χ4n) is 2.98. The number of ether oxygens (including phenoxy) is 1. The molecule has 2 atom stereocenters. The van der Waals surface area contributed by atoms with Crippen molar-refractivity contribution in [1.82, 2.24) is 9.55 Å². The van der Waals surface area contributed by atoms with Crippen molar-refractivity contribution in [3.63, 3.8) is 0 Å². The molecule has 0 saturated carbocycles. The van der Waals surface area contributed by atoms with E-state index in [2.05, 4.69) is 16.5 Å². The Labute approximate surface area is 157 Å². The number of carbonyl (C=O) groups is 1. The number of aryl methyl sites for hydroxylation is 1. The molecule has 1 saturated heterocycles. The van der Waals surface area contributed by atoms with Crippen LogP contribution in [0.3, 0.4) is 0 Å². The Morgan fingerprint density at radius 1 is 1.40 bits per heavy atom. The van der Waals surface area contributed by atoms with Gasteiger partial charge in [0.2, 0.25) is 0 Å². The predicted octanol–water partition coefficient (Wildman–Crippen LogP) is 4.70. The number of ketones is 1. The SMILES string of the molecule is Cc1nc(S[C@H](C)C(=O)c2ccc(Cl)cc2)n(C[C@H]2CCCO2)c1C. The lowest BCUT2D eigenvalue weighted by atomic mass is 10.1. The van der Waals surface area contributed by atoms with Gasteiger partial charge in [0.1, 0.15) is 0 Å². The van der Waals surface area contributed by atoms with Crippen LogP contribution in [0.5, 0.6) is 0 Å². The van der Waals surface area contributed by atoms with E-state index in [1.807, 2.05) is 13.8 Å². The normalized spacial score (nSPS) is 18.5. The first-order valence-corrected chi connectivity index (χ1v) is 9.83. The molecule has 1 aromatic heterocycles. The Morgan fingerprint density at radius 3 is 2.76 bits per heavy atom. The highest BCUT2D eigenvalue weighted by molar-refractivity contribution is 8.00. The van der Waals surface area contributed by atoms with E-state index >= 15 is 0 Å². The van der Waals surface area contributed by atoms with Gasteiger partial charge in [0.15, 0.2) is 10.9 Å². The molecule has 25 heavy (non-hydrogen) atoms. The van der Waals surface area contributed by atoms with Crippen LogP contribution >= 0.6 is 23.4 Å².